The Bertz CT molecular complexity index is 357. The predicted molar refractivity (Wildman–Crippen MR) is 68.3 cm³/mol. The Balaban J connectivity index is 2.59. The Morgan fingerprint density at radius 3 is 2.71 bits per heavy atom. The first-order valence-corrected chi connectivity index (χ1v) is 5.89. The second-order valence-corrected chi connectivity index (χ2v) is 4.03. The molecule has 0 atom stereocenters. The van der Waals surface area contributed by atoms with E-state index in [0.29, 0.717) is 12.3 Å². The van der Waals surface area contributed by atoms with Crippen molar-refractivity contribution in [3.8, 4) is 0 Å². The molecule has 0 bridgehead atoms. The Kier molecular flexibility index (Phi) is 4.97. The second-order valence-electron chi connectivity index (χ2n) is 4.03. The van der Waals surface area contributed by atoms with Crippen LogP contribution in [0.4, 0.5) is 0 Å². The SMILES string of the molecule is CCC(CC)(CN)NC(=O)C=Cc1ccco1. The number of nitrogens with one attached hydrogen (secondary N) is 1. The topological polar surface area (TPSA) is 68.3 Å². The fraction of sp³-hybridized carbons (Fsp3) is 0.462. The van der Waals surface area contributed by atoms with Gasteiger partial charge in [-0.1, -0.05) is 13.8 Å². The third-order valence-corrected chi connectivity index (χ3v) is 3.07. The third kappa shape index (κ3) is 3.75. The van der Waals surface area contributed by atoms with E-state index in [2.05, 4.69) is 5.32 Å². The molecule has 1 aromatic heterocycles. The number of furan rings is 1. The van der Waals surface area contributed by atoms with E-state index in [1.165, 1.54) is 6.08 Å². The molecule has 94 valence electrons. The van der Waals surface area contributed by atoms with Crippen molar-refractivity contribution in [3.63, 3.8) is 0 Å². The van der Waals surface area contributed by atoms with Gasteiger partial charge in [0.15, 0.2) is 0 Å². The van der Waals surface area contributed by atoms with Crippen LogP contribution in [0.1, 0.15) is 32.4 Å². The summed E-state index contributed by atoms with van der Waals surface area (Å²) in [5.74, 6) is 0.516. The minimum Gasteiger partial charge on any atom is -0.465 e. The molecule has 0 aromatic carbocycles. The minimum absolute atomic E-state index is 0.143. The summed E-state index contributed by atoms with van der Waals surface area (Å²) < 4.78 is 5.10. The maximum atomic E-state index is 11.7. The first-order valence-electron chi connectivity index (χ1n) is 5.89. The lowest BCUT2D eigenvalue weighted by Gasteiger charge is -2.30. The summed E-state index contributed by atoms with van der Waals surface area (Å²) in [6.07, 6.45) is 6.32. The standard InChI is InChI=1S/C13H20N2O2/c1-3-13(4-2,10-14)15-12(16)8-7-11-6-5-9-17-11/h5-9H,3-4,10,14H2,1-2H3,(H,15,16). The third-order valence-electron chi connectivity index (χ3n) is 3.07. The monoisotopic (exact) mass is 236 g/mol. The fourth-order valence-electron chi connectivity index (χ4n) is 1.61. The van der Waals surface area contributed by atoms with Gasteiger partial charge in [-0.3, -0.25) is 4.79 Å². The van der Waals surface area contributed by atoms with E-state index in [-0.39, 0.29) is 11.4 Å². The van der Waals surface area contributed by atoms with Crippen molar-refractivity contribution in [2.45, 2.75) is 32.2 Å². The molecule has 17 heavy (non-hydrogen) atoms. The van der Waals surface area contributed by atoms with Crippen LogP contribution in [0.2, 0.25) is 0 Å². The Hall–Kier alpha value is -1.55. The molecular weight excluding hydrogens is 216 g/mol. The molecule has 0 aliphatic heterocycles. The highest BCUT2D eigenvalue weighted by atomic mass is 16.3. The van der Waals surface area contributed by atoms with Gasteiger partial charge in [-0.15, -0.1) is 0 Å². The van der Waals surface area contributed by atoms with Gasteiger partial charge in [-0.2, -0.15) is 0 Å². The highest BCUT2D eigenvalue weighted by molar-refractivity contribution is 5.91. The van der Waals surface area contributed by atoms with Crippen LogP contribution in [-0.4, -0.2) is 18.0 Å². The van der Waals surface area contributed by atoms with Gasteiger partial charge in [0.25, 0.3) is 0 Å². The second kappa shape index (κ2) is 6.25. The van der Waals surface area contributed by atoms with E-state index in [0.717, 1.165) is 12.8 Å². The van der Waals surface area contributed by atoms with Gasteiger partial charge in [0.2, 0.25) is 5.91 Å². The van der Waals surface area contributed by atoms with Crippen molar-refractivity contribution in [2.24, 2.45) is 5.73 Å². The van der Waals surface area contributed by atoms with Gasteiger partial charge in [-0.25, -0.2) is 0 Å². The zero-order valence-electron chi connectivity index (χ0n) is 10.4. The largest absolute Gasteiger partial charge is 0.465 e. The van der Waals surface area contributed by atoms with Crippen molar-refractivity contribution < 1.29 is 9.21 Å². The molecule has 0 fully saturated rings. The van der Waals surface area contributed by atoms with Gasteiger partial charge in [-0.05, 0) is 31.1 Å². The molecule has 0 radical (unpaired) electrons. The zero-order valence-corrected chi connectivity index (χ0v) is 10.4. The van der Waals surface area contributed by atoms with E-state index in [9.17, 15) is 4.79 Å². The Morgan fingerprint density at radius 1 is 1.53 bits per heavy atom. The number of hydrogen-bond donors (Lipinski definition) is 2. The van der Waals surface area contributed by atoms with Crippen molar-refractivity contribution in [2.75, 3.05) is 6.54 Å². The van der Waals surface area contributed by atoms with Crippen molar-refractivity contribution in [1.82, 2.24) is 5.32 Å². The summed E-state index contributed by atoms with van der Waals surface area (Å²) in [5.41, 5.74) is 5.41. The smallest absolute Gasteiger partial charge is 0.244 e. The molecule has 0 unspecified atom stereocenters. The molecule has 3 N–H and O–H groups in total. The summed E-state index contributed by atoms with van der Waals surface area (Å²) in [4.78, 5) is 11.7. The summed E-state index contributed by atoms with van der Waals surface area (Å²) in [6.45, 7) is 4.49. The summed E-state index contributed by atoms with van der Waals surface area (Å²) in [5, 5.41) is 2.95. The van der Waals surface area contributed by atoms with E-state index in [4.69, 9.17) is 10.2 Å². The maximum Gasteiger partial charge on any atom is 0.244 e. The lowest BCUT2D eigenvalue weighted by molar-refractivity contribution is -0.118. The number of carbonyl (C=O) groups is 1. The number of rotatable bonds is 6. The van der Waals surface area contributed by atoms with Crippen LogP contribution in [0.5, 0.6) is 0 Å². The first kappa shape index (κ1) is 13.5. The highest BCUT2D eigenvalue weighted by Crippen LogP contribution is 2.13. The van der Waals surface area contributed by atoms with Crippen LogP contribution >= 0.6 is 0 Å². The molecule has 0 aliphatic rings. The molecule has 1 heterocycles. The minimum atomic E-state index is -0.301. The van der Waals surface area contributed by atoms with E-state index in [1.54, 1.807) is 24.5 Å². The normalized spacial score (nSPS) is 11.9. The zero-order chi connectivity index (χ0) is 12.7. The molecule has 1 aromatic rings. The van der Waals surface area contributed by atoms with Gasteiger partial charge in [0.1, 0.15) is 5.76 Å². The molecule has 0 saturated carbocycles. The molecule has 4 heteroatoms. The summed E-state index contributed by atoms with van der Waals surface area (Å²) in [6, 6.07) is 3.57. The van der Waals surface area contributed by atoms with Gasteiger partial charge < -0.3 is 15.5 Å². The molecule has 0 aliphatic carbocycles. The molecule has 1 rings (SSSR count). The lowest BCUT2D eigenvalue weighted by Crippen LogP contribution is -2.52. The molecule has 1 amide bonds. The molecule has 0 saturated heterocycles. The number of nitrogens with two attached hydrogens (primary N) is 1. The van der Waals surface area contributed by atoms with Crippen LogP contribution in [0.25, 0.3) is 6.08 Å². The summed E-state index contributed by atoms with van der Waals surface area (Å²) in [7, 11) is 0. The lowest BCUT2D eigenvalue weighted by atomic mass is 9.93. The molecular formula is C13H20N2O2. The number of amides is 1. The average Bonchev–Trinajstić information content (AvgIpc) is 2.87. The van der Waals surface area contributed by atoms with Crippen molar-refractivity contribution in [1.29, 1.82) is 0 Å². The summed E-state index contributed by atoms with van der Waals surface area (Å²) >= 11 is 0. The number of carbonyl (C=O) groups excluding carboxylic acids is 1. The van der Waals surface area contributed by atoms with Crippen LogP contribution in [0.3, 0.4) is 0 Å². The van der Waals surface area contributed by atoms with Crippen LogP contribution in [0, 0.1) is 0 Å². The maximum absolute atomic E-state index is 11.7. The van der Waals surface area contributed by atoms with Crippen LogP contribution in [0.15, 0.2) is 28.9 Å². The van der Waals surface area contributed by atoms with Gasteiger partial charge in [0.05, 0.1) is 11.8 Å². The highest BCUT2D eigenvalue weighted by Gasteiger charge is 2.25. The van der Waals surface area contributed by atoms with Crippen molar-refractivity contribution in [3.05, 3.63) is 30.2 Å². The molecule has 0 spiro atoms. The van der Waals surface area contributed by atoms with Gasteiger partial charge in [0, 0.05) is 12.6 Å². The Morgan fingerprint density at radius 2 is 2.24 bits per heavy atom. The quantitative estimate of drug-likeness (QED) is 0.741. The first-order chi connectivity index (χ1) is 8.15. The average molecular weight is 236 g/mol. The number of hydrogen-bond acceptors (Lipinski definition) is 3. The fourth-order valence-corrected chi connectivity index (χ4v) is 1.61. The van der Waals surface area contributed by atoms with E-state index >= 15 is 0 Å². The Labute approximate surface area is 102 Å². The van der Waals surface area contributed by atoms with E-state index < -0.39 is 0 Å². The van der Waals surface area contributed by atoms with Crippen LogP contribution < -0.4 is 11.1 Å². The predicted octanol–water partition coefficient (Wildman–Crippen LogP) is 1.93. The van der Waals surface area contributed by atoms with Crippen molar-refractivity contribution >= 4 is 12.0 Å². The molecule has 4 nitrogen and oxygen atoms in total. The van der Waals surface area contributed by atoms with Gasteiger partial charge >= 0.3 is 0 Å². The van der Waals surface area contributed by atoms with Crippen LogP contribution in [-0.2, 0) is 4.79 Å². The van der Waals surface area contributed by atoms with E-state index in [1.807, 2.05) is 13.8 Å².